The van der Waals surface area contributed by atoms with E-state index in [1.807, 2.05) is 42.5 Å². The van der Waals surface area contributed by atoms with Crippen molar-refractivity contribution in [3.8, 4) is 0 Å². The van der Waals surface area contributed by atoms with Crippen LogP contribution in [-0.4, -0.2) is 5.17 Å². The number of aryl methyl sites for hydroxylation is 1. The summed E-state index contributed by atoms with van der Waals surface area (Å²) in [5, 5.41) is 1.45. The van der Waals surface area contributed by atoms with E-state index in [0.29, 0.717) is 23.0 Å². The van der Waals surface area contributed by atoms with Crippen molar-refractivity contribution in [2.24, 2.45) is 10.7 Å². The first-order chi connectivity index (χ1) is 12.2. The molecule has 0 amide bonds. The summed E-state index contributed by atoms with van der Waals surface area (Å²) in [7, 11) is 0. The molecule has 0 fully saturated rings. The van der Waals surface area contributed by atoms with Gasteiger partial charge in [0.05, 0.1) is 6.54 Å². The lowest BCUT2D eigenvalue weighted by atomic mass is 10.1. The average Bonchev–Trinajstić information content (AvgIpc) is 2.64. The highest BCUT2D eigenvalue weighted by Crippen LogP contribution is 2.23. The Bertz CT molecular complexity index is 949. The largest absolute Gasteiger partial charge is 0.423 e. The Balaban J connectivity index is 1.75. The summed E-state index contributed by atoms with van der Waals surface area (Å²) in [6, 6.07) is 17.5. The molecular formula is C20H20N2O2S. The molecule has 1 aromatic heterocycles. The van der Waals surface area contributed by atoms with E-state index in [4.69, 9.17) is 10.2 Å². The number of thioether (sulfide) groups is 1. The maximum atomic E-state index is 11.8. The van der Waals surface area contributed by atoms with Gasteiger partial charge in [-0.2, -0.15) is 0 Å². The van der Waals surface area contributed by atoms with Gasteiger partial charge >= 0.3 is 5.63 Å². The molecule has 0 radical (unpaired) electrons. The number of hydrogen-bond donors (Lipinski definition) is 1. The minimum absolute atomic E-state index is 0.337. The predicted octanol–water partition coefficient (Wildman–Crippen LogP) is 4.10. The Morgan fingerprint density at radius 3 is 2.68 bits per heavy atom. The van der Waals surface area contributed by atoms with Gasteiger partial charge in [0, 0.05) is 17.2 Å². The highest BCUT2D eigenvalue weighted by Gasteiger charge is 2.07. The summed E-state index contributed by atoms with van der Waals surface area (Å²) in [6.07, 6.45) is 0.901. The zero-order chi connectivity index (χ0) is 17.6. The topological polar surface area (TPSA) is 68.6 Å². The minimum Gasteiger partial charge on any atom is -0.423 e. The van der Waals surface area contributed by atoms with Crippen molar-refractivity contribution in [3.05, 3.63) is 81.7 Å². The number of rotatable bonds is 5. The summed E-state index contributed by atoms with van der Waals surface area (Å²) in [4.78, 5) is 16.2. The van der Waals surface area contributed by atoms with Gasteiger partial charge in [0.1, 0.15) is 5.58 Å². The molecule has 0 atom stereocenters. The molecule has 0 saturated carbocycles. The Hall–Kier alpha value is -2.53. The van der Waals surface area contributed by atoms with Crippen molar-refractivity contribution >= 4 is 27.9 Å². The van der Waals surface area contributed by atoms with Crippen molar-refractivity contribution in [2.75, 3.05) is 0 Å². The number of hydrogen-bond acceptors (Lipinski definition) is 4. The second-order valence-corrected chi connectivity index (χ2v) is 6.70. The van der Waals surface area contributed by atoms with E-state index in [0.717, 1.165) is 28.5 Å². The molecule has 0 aliphatic carbocycles. The predicted molar refractivity (Wildman–Crippen MR) is 105 cm³/mol. The third kappa shape index (κ3) is 4.51. The van der Waals surface area contributed by atoms with Crippen LogP contribution in [0.15, 0.2) is 68.8 Å². The zero-order valence-electron chi connectivity index (χ0n) is 14.1. The SMILES string of the molecule is CCc1ccc2c(CSC(N)=NCc3ccccc3)cc(=O)oc2c1. The van der Waals surface area contributed by atoms with E-state index in [1.165, 1.54) is 17.8 Å². The fourth-order valence-electron chi connectivity index (χ4n) is 2.56. The Morgan fingerprint density at radius 2 is 1.92 bits per heavy atom. The van der Waals surface area contributed by atoms with Crippen molar-refractivity contribution in [1.82, 2.24) is 0 Å². The maximum absolute atomic E-state index is 11.8. The smallest absolute Gasteiger partial charge is 0.336 e. The molecule has 5 heteroatoms. The fourth-order valence-corrected chi connectivity index (χ4v) is 3.26. The van der Waals surface area contributed by atoms with Crippen molar-refractivity contribution in [2.45, 2.75) is 25.6 Å². The molecule has 0 aliphatic rings. The van der Waals surface area contributed by atoms with Gasteiger partial charge in [-0.25, -0.2) is 4.79 Å². The first-order valence-electron chi connectivity index (χ1n) is 8.18. The molecule has 128 valence electrons. The number of fused-ring (bicyclic) bond motifs is 1. The second kappa shape index (κ2) is 8.03. The van der Waals surface area contributed by atoms with Crippen LogP contribution in [0.1, 0.15) is 23.6 Å². The van der Waals surface area contributed by atoms with Crippen molar-refractivity contribution in [3.63, 3.8) is 0 Å². The van der Waals surface area contributed by atoms with Crippen LogP contribution in [0.5, 0.6) is 0 Å². The summed E-state index contributed by atoms with van der Waals surface area (Å²) < 4.78 is 5.33. The highest BCUT2D eigenvalue weighted by atomic mass is 32.2. The van der Waals surface area contributed by atoms with Crippen LogP contribution in [0.3, 0.4) is 0 Å². The van der Waals surface area contributed by atoms with Gasteiger partial charge in [-0.05, 0) is 29.2 Å². The Kier molecular flexibility index (Phi) is 5.56. The van der Waals surface area contributed by atoms with Gasteiger partial charge in [-0.3, -0.25) is 4.99 Å². The van der Waals surface area contributed by atoms with Gasteiger partial charge < -0.3 is 10.2 Å². The molecule has 4 nitrogen and oxygen atoms in total. The Labute approximate surface area is 150 Å². The van der Waals surface area contributed by atoms with Crippen LogP contribution in [0.25, 0.3) is 11.0 Å². The lowest BCUT2D eigenvalue weighted by Crippen LogP contribution is -2.08. The molecule has 2 aromatic carbocycles. The van der Waals surface area contributed by atoms with E-state index >= 15 is 0 Å². The number of nitrogens with zero attached hydrogens (tertiary/aromatic N) is 1. The van der Waals surface area contributed by atoms with E-state index in [2.05, 4.69) is 18.0 Å². The Morgan fingerprint density at radius 1 is 1.12 bits per heavy atom. The van der Waals surface area contributed by atoms with Gasteiger partial charge in [0.25, 0.3) is 0 Å². The number of aliphatic imine (C=N–C) groups is 1. The first kappa shape index (κ1) is 17.3. The molecule has 3 rings (SSSR count). The molecule has 25 heavy (non-hydrogen) atoms. The molecule has 2 N–H and O–H groups in total. The van der Waals surface area contributed by atoms with Gasteiger partial charge in [0.2, 0.25) is 0 Å². The van der Waals surface area contributed by atoms with Crippen molar-refractivity contribution < 1.29 is 4.42 Å². The quantitative estimate of drug-likeness (QED) is 0.426. The monoisotopic (exact) mass is 352 g/mol. The van der Waals surface area contributed by atoms with E-state index in [-0.39, 0.29) is 5.63 Å². The summed E-state index contributed by atoms with van der Waals surface area (Å²) in [5.74, 6) is 0.581. The second-order valence-electron chi connectivity index (χ2n) is 5.70. The maximum Gasteiger partial charge on any atom is 0.336 e. The van der Waals surface area contributed by atoms with Crippen molar-refractivity contribution in [1.29, 1.82) is 0 Å². The van der Waals surface area contributed by atoms with E-state index < -0.39 is 0 Å². The third-order valence-corrected chi connectivity index (χ3v) is 4.82. The van der Waals surface area contributed by atoms with Gasteiger partial charge in [-0.1, -0.05) is 61.2 Å². The number of benzene rings is 2. The molecule has 0 spiro atoms. The first-order valence-corrected chi connectivity index (χ1v) is 9.16. The number of nitrogens with two attached hydrogens (primary N) is 1. The molecule has 0 bridgehead atoms. The normalized spacial score (nSPS) is 11.8. The summed E-state index contributed by atoms with van der Waals surface area (Å²) in [6.45, 7) is 2.63. The zero-order valence-corrected chi connectivity index (χ0v) is 14.9. The van der Waals surface area contributed by atoms with Crippen LogP contribution in [0.2, 0.25) is 0 Å². The van der Waals surface area contributed by atoms with Crippen LogP contribution < -0.4 is 11.4 Å². The lowest BCUT2D eigenvalue weighted by molar-refractivity contribution is 0.559. The minimum atomic E-state index is -0.337. The molecule has 0 saturated heterocycles. The molecule has 0 unspecified atom stereocenters. The van der Waals surface area contributed by atoms with E-state index in [1.54, 1.807) is 0 Å². The summed E-state index contributed by atoms with van der Waals surface area (Å²) in [5.41, 5.74) is 9.47. The molecular weight excluding hydrogens is 332 g/mol. The summed E-state index contributed by atoms with van der Waals surface area (Å²) >= 11 is 1.43. The van der Waals surface area contributed by atoms with Crippen LogP contribution in [-0.2, 0) is 18.7 Å². The van der Waals surface area contributed by atoms with Crippen LogP contribution in [0, 0.1) is 0 Å². The molecule has 0 aliphatic heterocycles. The van der Waals surface area contributed by atoms with E-state index in [9.17, 15) is 4.79 Å². The van der Waals surface area contributed by atoms with Gasteiger partial charge in [0.15, 0.2) is 5.17 Å². The fraction of sp³-hybridized carbons (Fsp3) is 0.200. The average molecular weight is 352 g/mol. The van der Waals surface area contributed by atoms with Gasteiger partial charge in [-0.15, -0.1) is 0 Å². The molecule has 3 aromatic rings. The third-order valence-electron chi connectivity index (χ3n) is 3.94. The highest BCUT2D eigenvalue weighted by molar-refractivity contribution is 8.13. The number of amidine groups is 1. The van der Waals surface area contributed by atoms with Crippen LogP contribution in [0.4, 0.5) is 0 Å². The van der Waals surface area contributed by atoms with Crippen LogP contribution >= 0.6 is 11.8 Å². The standard InChI is InChI=1S/C20H20N2O2S/c1-2-14-8-9-17-16(11-19(23)24-18(17)10-14)13-25-20(21)22-12-15-6-4-3-5-7-15/h3-11H,2,12-13H2,1H3,(H2,21,22). The lowest BCUT2D eigenvalue weighted by Gasteiger charge is -2.06. The molecule has 1 heterocycles.